The molecular weight excluding hydrogens is 256 g/mol. The third-order valence-corrected chi connectivity index (χ3v) is 3.71. The number of hydrogen-bond donors (Lipinski definition) is 3. The summed E-state index contributed by atoms with van der Waals surface area (Å²) >= 11 is 0. The van der Waals surface area contributed by atoms with Gasteiger partial charge < -0.3 is 15.7 Å². The van der Waals surface area contributed by atoms with Crippen molar-refractivity contribution in [3.8, 4) is 0 Å². The highest BCUT2D eigenvalue weighted by Gasteiger charge is 2.33. The van der Waals surface area contributed by atoms with E-state index in [1.54, 1.807) is 12.1 Å². The molecule has 2 rings (SSSR count). The molecule has 0 radical (unpaired) electrons. The van der Waals surface area contributed by atoms with Gasteiger partial charge >= 0.3 is 12.0 Å². The molecule has 3 N–H and O–H groups in total. The first-order valence-corrected chi connectivity index (χ1v) is 6.87. The number of aliphatic carboxylic acids is 1. The number of carboxylic acid groups (broad SMARTS) is 1. The zero-order valence-corrected chi connectivity index (χ0v) is 11.6. The van der Waals surface area contributed by atoms with E-state index in [1.807, 2.05) is 19.1 Å². The lowest BCUT2D eigenvalue weighted by Crippen LogP contribution is -2.52. The highest BCUT2D eigenvalue weighted by Crippen LogP contribution is 2.30. The third-order valence-electron chi connectivity index (χ3n) is 3.71. The van der Waals surface area contributed by atoms with Crippen LogP contribution in [0.2, 0.25) is 0 Å². The first-order chi connectivity index (χ1) is 9.47. The summed E-state index contributed by atoms with van der Waals surface area (Å²) in [6.45, 7) is 2.05. The lowest BCUT2D eigenvalue weighted by atomic mass is 9.79. The van der Waals surface area contributed by atoms with Crippen LogP contribution >= 0.6 is 0 Å². The Balaban J connectivity index is 1.83. The van der Waals surface area contributed by atoms with E-state index in [-0.39, 0.29) is 18.0 Å². The first-order valence-electron chi connectivity index (χ1n) is 6.87. The molecule has 0 saturated heterocycles. The largest absolute Gasteiger partial charge is 0.481 e. The van der Waals surface area contributed by atoms with Crippen LogP contribution in [0.4, 0.5) is 10.5 Å². The Morgan fingerprint density at radius 1 is 1.25 bits per heavy atom. The number of rotatable bonds is 5. The molecule has 108 valence electrons. The summed E-state index contributed by atoms with van der Waals surface area (Å²) in [5.41, 5.74) is 1.60. The minimum absolute atomic E-state index is 0.0640. The SMILES string of the molecule is CC1(NC(=O)Nc2ccc(CCC(=O)O)cc2)CCC1. The molecule has 0 atom stereocenters. The van der Waals surface area contributed by atoms with Crippen molar-refractivity contribution in [3.05, 3.63) is 29.8 Å². The van der Waals surface area contributed by atoms with Crippen molar-refractivity contribution in [2.45, 2.75) is 44.6 Å². The first kappa shape index (κ1) is 14.4. The molecule has 1 aromatic rings. The van der Waals surface area contributed by atoms with Crippen LogP contribution in [0.3, 0.4) is 0 Å². The van der Waals surface area contributed by atoms with E-state index in [4.69, 9.17) is 5.11 Å². The van der Waals surface area contributed by atoms with Crippen molar-refractivity contribution in [1.29, 1.82) is 0 Å². The molecule has 0 bridgehead atoms. The highest BCUT2D eigenvalue weighted by molar-refractivity contribution is 5.89. The van der Waals surface area contributed by atoms with Crippen LogP contribution in [0.25, 0.3) is 0 Å². The van der Waals surface area contributed by atoms with Crippen molar-refractivity contribution in [1.82, 2.24) is 5.32 Å². The smallest absolute Gasteiger partial charge is 0.319 e. The van der Waals surface area contributed by atoms with Crippen molar-refractivity contribution in [2.75, 3.05) is 5.32 Å². The molecule has 1 saturated carbocycles. The van der Waals surface area contributed by atoms with Crippen LogP contribution in [0.15, 0.2) is 24.3 Å². The second kappa shape index (κ2) is 5.94. The zero-order valence-electron chi connectivity index (χ0n) is 11.6. The lowest BCUT2D eigenvalue weighted by molar-refractivity contribution is -0.136. The van der Waals surface area contributed by atoms with Gasteiger partial charge in [0.25, 0.3) is 0 Å². The Morgan fingerprint density at radius 3 is 2.40 bits per heavy atom. The van der Waals surface area contributed by atoms with E-state index < -0.39 is 5.97 Å². The minimum atomic E-state index is -0.805. The van der Waals surface area contributed by atoms with Crippen LogP contribution in [0, 0.1) is 0 Å². The Morgan fingerprint density at radius 2 is 1.90 bits per heavy atom. The van der Waals surface area contributed by atoms with Crippen molar-refractivity contribution < 1.29 is 14.7 Å². The maximum atomic E-state index is 11.8. The van der Waals surface area contributed by atoms with Crippen molar-refractivity contribution in [3.63, 3.8) is 0 Å². The Kier molecular flexibility index (Phi) is 4.27. The number of urea groups is 1. The summed E-state index contributed by atoms with van der Waals surface area (Å²) in [6.07, 6.45) is 3.82. The molecule has 20 heavy (non-hydrogen) atoms. The number of carbonyl (C=O) groups is 2. The monoisotopic (exact) mass is 276 g/mol. The molecule has 1 aliphatic carbocycles. The van der Waals surface area contributed by atoms with Gasteiger partial charge in [0.2, 0.25) is 0 Å². The number of amides is 2. The number of carbonyl (C=O) groups excluding carboxylic acids is 1. The number of nitrogens with one attached hydrogen (secondary N) is 2. The zero-order chi connectivity index (χ0) is 14.6. The molecule has 1 aliphatic rings. The Labute approximate surface area is 118 Å². The fourth-order valence-corrected chi connectivity index (χ4v) is 2.27. The summed E-state index contributed by atoms with van der Waals surface area (Å²) in [4.78, 5) is 22.3. The fraction of sp³-hybridized carbons (Fsp3) is 0.467. The van der Waals surface area contributed by atoms with Gasteiger partial charge in [-0.25, -0.2) is 4.79 Å². The van der Waals surface area contributed by atoms with Crippen LogP contribution in [0.1, 0.15) is 38.2 Å². The normalized spacial score (nSPS) is 16.1. The Bertz CT molecular complexity index is 492. The third kappa shape index (κ3) is 3.98. The maximum Gasteiger partial charge on any atom is 0.319 e. The van der Waals surface area contributed by atoms with Gasteiger partial charge in [0.1, 0.15) is 0 Å². The summed E-state index contributed by atoms with van der Waals surface area (Å²) in [5.74, 6) is -0.805. The second-order valence-corrected chi connectivity index (χ2v) is 5.58. The van der Waals surface area contributed by atoms with E-state index in [0.717, 1.165) is 24.8 Å². The van der Waals surface area contributed by atoms with Crippen LogP contribution in [-0.2, 0) is 11.2 Å². The van der Waals surface area contributed by atoms with Crippen molar-refractivity contribution >= 4 is 17.7 Å². The van der Waals surface area contributed by atoms with Gasteiger partial charge in [0.05, 0.1) is 0 Å². The summed E-state index contributed by atoms with van der Waals surface area (Å²) in [7, 11) is 0. The van der Waals surface area contributed by atoms with Crippen LogP contribution < -0.4 is 10.6 Å². The van der Waals surface area contributed by atoms with Gasteiger partial charge in [0.15, 0.2) is 0 Å². The quantitative estimate of drug-likeness (QED) is 0.773. The molecule has 0 aliphatic heterocycles. The van der Waals surface area contributed by atoms with Gasteiger partial charge in [-0.1, -0.05) is 12.1 Å². The van der Waals surface area contributed by atoms with Gasteiger partial charge in [0, 0.05) is 17.6 Å². The highest BCUT2D eigenvalue weighted by atomic mass is 16.4. The number of carboxylic acids is 1. The maximum absolute atomic E-state index is 11.8. The molecule has 0 unspecified atom stereocenters. The minimum Gasteiger partial charge on any atom is -0.481 e. The molecule has 0 aromatic heterocycles. The van der Waals surface area contributed by atoms with Gasteiger partial charge in [-0.15, -0.1) is 0 Å². The van der Waals surface area contributed by atoms with E-state index in [2.05, 4.69) is 10.6 Å². The molecule has 5 heteroatoms. The fourth-order valence-electron chi connectivity index (χ4n) is 2.27. The Hall–Kier alpha value is -2.04. The molecule has 0 spiro atoms. The summed E-state index contributed by atoms with van der Waals surface area (Å²) < 4.78 is 0. The lowest BCUT2D eigenvalue weighted by Gasteiger charge is -2.38. The van der Waals surface area contributed by atoms with Gasteiger partial charge in [-0.05, 0) is 50.3 Å². The van der Waals surface area contributed by atoms with Crippen molar-refractivity contribution in [2.24, 2.45) is 0 Å². The average Bonchev–Trinajstić information content (AvgIpc) is 2.36. The molecule has 0 heterocycles. The van der Waals surface area contributed by atoms with Gasteiger partial charge in [-0.2, -0.15) is 0 Å². The summed E-state index contributed by atoms with van der Waals surface area (Å²) in [6, 6.07) is 7.07. The number of hydrogen-bond acceptors (Lipinski definition) is 2. The second-order valence-electron chi connectivity index (χ2n) is 5.58. The number of benzene rings is 1. The standard InChI is InChI=1S/C15H20N2O3/c1-15(9-2-10-15)17-14(20)16-12-6-3-11(4-7-12)5-8-13(18)19/h3-4,6-7H,2,5,8-10H2,1H3,(H,18,19)(H2,16,17,20). The van der Waals surface area contributed by atoms with Crippen LogP contribution in [-0.4, -0.2) is 22.6 Å². The van der Waals surface area contributed by atoms with E-state index >= 15 is 0 Å². The van der Waals surface area contributed by atoms with Gasteiger partial charge in [-0.3, -0.25) is 4.79 Å². The molecule has 5 nitrogen and oxygen atoms in total. The predicted molar refractivity (Wildman–Crippen MR) is 76.8 cm³/mol. The number of anilines is 1. The predicted octanol–water partition coefficient (Wildman–Crippen LogP) is 2.77. The number of aryl methyl sites for hydroxylation is 1. The molecule has 1 fully saturated rings. The topological polar surface area (TPSA) is 78.4 Å². The molecule has 2 amide bonds. The van der Waals surface area contributed by atoms with E-state index in [9.17, 15) is 9.59 Å². The van der Waals surface area contributed by atoms with Crippen LogP contribution in [0.5, 0.6) is 0 Å². The average molecular weight is 276 g/mol. The summed E-state index contributed by atoms with van der Waals surface area (Å²) in [5, 5.41) is 14.4. The van der Waals surface area contributed by atoms with E-state index in [0.29, 0.717) is 12.1 Å². The molecule has 1 aromatic carbocycles. The van der Waals surface area contributed by atoms with E-state index in [1.165, 1.54) is 0 Å². The molecular formula is C15H20N2O3.